The summed E-state index contributed by atoms with van der Waals surface area (Å²) >= 11 is 0. The Labute approximate surface area is 171 Å². The van der Waals surface area contributed by atoms with Gasteiger partial charge in [-0.25, -0.2) is 4.68 Å². The van der Waals surface area contributed by atoms with E-state index >= 15 is 0 Å². The van der Waals surface area contributed by atoms with E-state index in [1.807, 2.05) is 41.8 Å². The van der Waals surface area contributed by atoms with Crippen LogP contribution in [0.5, 0.6) is 5.75 Å². The lowest BCUT2D eigenvalue weighted by molar-refractivity contribution is -0.116. The molecule has 0 spiro atoms. The maximum absolute atomic E-state index is 12.7. The smallest absolute Gasteiger partial charge is 0.253 e. The van der Waals surface area contributed by atoms with E-state index in [4.69, 9.17) is 4.74 Å². The average molecular weight is 399 g/mol. The molecule has 2 aromatic rings. The second-order valence-corrected chi connectivity index (χ2v) is 7.60. The summed E-state index contributed by atoms with van der Waals surface area (Å²) in [7, 11) is 5.37. The number of ether oxygens (including phenoxy) is 1. The molecule has 2 amide bonds. The predicted molar refractivity (Wildman–Crippen MR) is 113 cm³/mol. The number of aryl methyl sites for hydroxylation is 2. The van der Waals surface area contributed by atoms with Gasteiger partial charge in [-0.3, -0.25) is 9.59 Å². The first-order chi connectivity index (χ1) is 13.8. The topological polar surface area (TPSA) is 79.7 Å². The Hall–Kier alpha value is -3.03. The Morgan fingerprint density at radius 1 is 1.31 bits per heavy atom. The van der Waals surface area contributed by atoms with Crippen LogP contribution < -0.4 is 15.0 Å². The summed E-state index contributed by atoms with van der Waals surface area (Å²) in [5.41, 5.74) is 2.28. The number of hydrogen-bond acceptors (Lipinski definition) is 5. The first-order valence-corrected chi connectivity index (χ1v) is 9.85. The van der Waals surface area contributed by atoms with Gasteiger partial charge in [-0.15, -0.1) is 0 Å². The molecule has 1 aromatic heterocycles. The first-order valence-electron chi connectivity index (χ1n) is 9.85. The first kappa shape index (κ1) is 20.7. The van der Waals surface area contributed by atoms with Crippen molar-refractivity contribution in [1.29, 1.82) is 0 Å². The van der Waals surface area contributed by atoms with Crippen molar-refractivity contribution in [2.24, 2.45) is 0 Å². The highest BCUT2D eigenvalue weighted by Gasteiger charge is 2.28. The zero-order chi connectivity index (χ0) is 21.1. The number of benzene rings is 1. The molecule has 0 aliphatic carbocycles. The minimum atomic E-state index is -0.129. The molecule has 0 saturated carbocycles. The number of nitrogens with zero attached hydrogens (tertiary/aromatic N) is 4. The van der Waals surface area contributed by atoms with Crippen molar-refractivity contribution in [3.8, 4) is 5.75 Å². The molecule has 0 bridgehead atoms. The summed E-state index contributed by atoms with van der Waals surface area (Å²) in [5.74, 6) is 1.27. The lowest BCUT2D eigenvalue weighted by Crippen LogP contribution is -2.43. The zero-order valence-corrected chi connectivity index (χ0v) is 17.7. The molecule has 1 atom stereocenters. The molecule has 8 nitrogen and oxygen atoms in total. The summed E-state index contributed by atoms with van der Waals surface area (Å²) in [6, 6.07) is 7.14. The number of fused-ring (bicyclic) bond motifs is 1. The van der Waals surface area contributed by atoms with Crippen LogP contribution in [0.2, 0.25) is 0 Å². The molecule has 2 heterocycles. The second-order valence-electron chi connectivity index (χ2n) is 7.60. The predicted octanol–water partition coefficient (Wildman–Crippen LogP) is 2.53. The number of rotatable bonds is 6. The van der Waals surface area contributed by atoms with Crippen molar-refractivity contribution < 1.29 is 14.3 Å². The minimum Gasteiger partial charge on any atom is -0.489 e. The van der Waals surface area contributed by atoms with Crippen LogP contribution in [0.3, 0.4) is 0 Å². The van der Waals surface area contributed by atoms with Crippen molar-refractivity contribution in [3.63, 3.8) is 0 Å². The molecule has 1 unspecified atom stereocenters. The summed E-state index contributed by atoms with van der Waals surface area (Å²) in [6.45, 7) is 5.15. The minimum absolute atomic E-state index is 0.0689. The number of hydrogen-bond donors (Lipinski definition) is 1. The molecular weight excluding hydrogens is 370 g/mol. The Bertz CT molecular complexity index is 906. The van der Waals surface area contributed by atoms with Crippen LogP contribution in [0.25, 0.3) is 0 Å². The lowest BCUT2D eigenvalue weighted by atomic mass is 10.1. The van der Waals surface area contributed by atoms with E-state index in [0.717, 1.165) is 30.1 Å². The Kier molecular flexibility index (Phi) is 6.10. The van der Waals surface area contributed by atoms with Crippen LogP contribution >= 0.6 is 0 Å². The van der Waals surface area contributed by atoms with E-state index in [1.165, 1.54) is 4.90 Å². The molecule has 156 valence electrons. The van der Waals surface area contributed by atoms with Gasteiger partial charge in [0, 0.05) is 39.3 Å². The van der Waals surface area contributed by atoms with E-state index in [-0.39, 0.29) is 24.3 Å². The van der Waals surface area contributed by atoms with Crippen molar-refractivity contribution in [3.05, 3.63) is 35.5 Å². The third kappa shape index (κ3) is 4.52. The molecule has 1 N–H and O–H groups in total. The second kappa shape index (κ2) is 8.55. The van der Waals surface area contributed by atoms with Crippen molar-refractivity contribution in [1.82, 2.24) is 14.7 Å². The molecule has 0 radical (unpaired) electrons. The number of amides is 2. The number of aromatic nitrogens is 2. The molecule has 1 aliphatic rings. The van der Waals surface area contributed by atoms with Gasteiger partial charge in [0.25, 0.3) is 5.91 Å². The average Bonchev–Trinajstić information content (AvgIpc) is 3.02. The van der Waals surface area contributed by atoms with E-state index in [2.05, 4.69) is 17.3 Å². The van der Waals surface area contributed by atoms with Crippen LogP contribution in [0.15, 0.2) is 24.3 Å². The summed E-state index contributed by atoms with van der Waals surface area (Å²) in [4.78, 5) is 28.5. The maximum atomic E-state index is 12.7. The van der Waals surface area contributed by atoms with E-state index in [1.54, 1.807) is 20.2 Å². The van der Waals surface area contributed by atoms with Gasteiger partial charge in [-0.2, -0.15) is 5.10 Å². The standard InChI is InChI=1S/C21H29N5O3/c1-6-9-26-19(10-14(2)23-26)22-20(27)12-16-13-29-18-8-7-15(21(28)24(3)4)11-17(18)25(16)5/h7-8,10-11,16H,6,9,12-13H2,1-5H3,(H,22,27). The third-order valence-electron chi connectivity index (χ3n) is 5.00. The van der Waals surface area contributed by atoms with Gasteiger partial charge in [-0.1, -0.05) is 6.92 Å². The fourth-order valence-corrected chi connectivity index (χ4v) is 3.43. The molecular formula is C21H29N5O3. The van der Waals surface area contributed by atoms with Gasteiger partial charge in [0.2, 0.25) is 5.91 Å². The highest BCUT2D eigenvalue weighted by Crippen LogP contribution is 2.34. The number of nitrogens with one attached hydrogen (secondary N) is 1. The van der Waals surface area contributed by atoms with Crippen LogP contribution in [0.1, 0.15) is 35.8 Å². The molecule has 3 rings (SSSR count). The number of anilines is 2. The highest BCUT2D eigenvalue weighted by molar-refractivity contribution is 5.95. The summed E-state index contributed by atoms with van der Waals surface area (Å²) in [5, 5.41) is 7.39. The van der Waals surface area contributed by atoms with Gasteiger partial charge < -0.3 is 19.9 Å². The number of carbonyl (C=O) groups excluding carboxylic acids is 2. The lowest BCUT2D eigenvalue weighted by Gasteiger charge is -2.35. The van der Waals surface area contributed by atoms with Gasteiger partial charge in [0.1, 0.15) is 18.2 Å². The Morgan fingerprint density at radius 2 is 2.07 bits per heavy atom. The van der Waals surface area contributed by atoms with Crippen LogP contribution in [0.4, 0.5) is 11.5 Å². The maximum Gasteiger partial charge on any atom is 0.253 e. The van der Waals surface area contributed by atoms with Crippen molar-refractivity contribution in [2.45, 2.75) is 39.3 Å². The highest BCUT2D eigenvalue weighted by atomic mass is 16.5. The van der Waals surface area contributed by atoms with Gasteiger partial charge in [-0.05, 0) is 31.5 Å². The fourth-order valence-electron chi connectivity index (χ4n) is 3.43. The molecule has 0 saturated heterocycles. The van der Waals surface area contributed by atoms with Crippen LogP contribution in [0, 0.1) is 6.92 Å². The number of likely N-dealkylation sites (N-methyl/N-ethyl adjacent to an activating group) is 1. The Balaban J connectivity index is 1.71. The molecule has 1 aliphatic heterocycles. The third-order valence-corrected chi connectivity index (χ3v) is 5.00. The SMILES string of the molecule is CCCn1nc(C)cc1NC(=O)CC1COc2ccc(C(=O)N(C)C)cc2N1C. The van der Waals surface area contributed by atoms with Gasteiger partial charge >= 0.3 is 0 Å². The van der Waals surface area contributed by atoms with Gasteiger partial charge in [0.05, 0.1) is 23.8 Å². The van der Waals surface area contributed by atoms with E-state index in [9.17, 15) is 9.59 Å². The van der Waals surface area contributed by atoms with Gasteiger partial charge in [0.15, 0.2) is 0 Å². The monoisotopic (exact) mass is 399 g/mol. The summed E-state index contributed by atoms with van der Waals surface area (Å²) < 4.78 is 7.68. The van der Waals surface area contributed by atoms with E-state index < -0.39 is 0 Å². The Morgan fingerprint density at radius 3 is 2.76 bits per heavy atom. The fraction of sp³-hybridized carbons (Fsp3) is 0.476. The number of carbonyl (C=O) groups is 2. The van der Waals surface area contributed by atoms with Crippen molar-refractivity contribution in [2.75, 3.05) is 38.0 Å². The van der Waals surface area contributed by atoms with Crippen LogP contribution in [-0.2, 0) is 11.3 Å². The molecule has 0 fully saturated rings. The quantitative estimate of drug-likeness (QED) is 0.807. The molecule has 8 heteroatoms. The zero-order valence-electron chi connectivity index (χ0n) is 17.7. The van der Waals surface area contributed by atoms with Crippen LogP contribution in [-0.4, -0.2) is 60.3 Å². The largest absolute Gasteiger partial charge is 0.489 e. The van der Waals surface area contributed by atoms with E-state index in [0.29, 0.717) is 18.0 Å². The summed E-state index contributed by atoms with van der Waals surface area (Å²) in [6.07, 6.45) is 1.21. The normalized spacial score (nSPS) is 15.5. The van der Waals surface area contributed by atoms with Crippen molar-refractivity contribution >= 4 is 23.3 Å². The molecule has 1 aromatic carbocycles. The molecule has 29 heavy (non-hydrogen) atoms.